The van der Waals surface area contributed by atoms with Gasteiger partial charge in [-0.15, -0.1) is 0 Å². The molecule has 0 aromatic rings. The highest BCUT2D eigenvalue weighted by atomic mass is 14.5. The summed E-state index contributed by atoms with van der Waals surface area (Å²) >= 11 is 0. The number of rotatable bonds is 4. The fraction of sp³-hybridized carbons (Fsp3) is 1.00. The van der Waals surface area contributed by atoms with Crippen LogP contribution in [0, 0.1) is 28.1 Å². The van der Waals surface area contributed by atoms with E-state index in [2.05, 4.69) is 69.2 Å². The Kier molecular flexibility index (Phi) is 4.11. The van der Waals surface area contributed by atoms with Gasteiger partial charge in [0.2, 0.25) is 0 Å². The second kappa shape index (κ2) is 4.11. The predicted molar refractivity (Wildman–Crippen MR) is 71.0 cm³/mol. The fourth-order valence-corrected chi connectivity index (χ4v) is 2.27. The van der Waals surface area contributed by atoms with Crippen LogP contribution >= 0.6 is 0 Å². The molecule has 0 aliphatic heterocycles. The standard InChI is InChI=1S/C15H32/c1-11(2)13(5,6)15(9,10)14(7,8)12(3)4/h11-12H,1-10H3. The minimum Gasteiger partial charge on any atom is -0.0622 e. The second-order valence-corrected chi connectivity index (χ2v) is 7.38. The molecular weight excluding hydrogens is 180 g/mol. The number of hydrogen-bond donors (Lipinski definition) is 0. The maximum absolute atomic E-state index is 2.44. The Labute approximate surface area is 97.8 Å². The maximum Gasteiger partial charge on any atom is -0.0247 e. The second-order valence-electron chi connectivity index (χ2n) is 7.38. The van der Waals surface area contributed by atoms with Crippen LogP contribution in [0.4, 0.5) is 0 Å². The molecule has 0 bridgehead atoms. The van der Waals surface area contributed by atoms with Crippen LogP contribution in [0.2, 0.25) is 0 Å². The molecule has 0 fully saturated rings. The molecule has 0 aliphatic carbocycles. The van der Waals surface area contributed by atoms with Crippen LogP contribution in [0.3, 0.4) is 0 Å². The average Bonchev–Trinajstić information content (AvgIpc) is 2.02. The van der Waals surface area contributed by atoms with Crippen molar-refractivity contribution in [3.05, 3.63) is 0 Å². The van der Waals surface area contributed by atoms with Gasteiger partial charge in [-0.05, 0) is 28.1 Å². The SMILES string of the molecule is CC(C)C(C)(C)C(C)(C)C(C)(C)C(C)C. The van der Waals surface area contributed by atoms with Gasteiger partial charge in [-0.2, -0.15) is 0 Å². The molecule has 0 nitrogen and oxygen atoms in total. The van der Waals surface area contributed by atoms with Crippen molar-refractivity contribution in [2.75, 3.05) is 0 Å². The Morgan fingerprint density at radius 3 is 0.867 bits per heavy atom. The highest BCUT2D eigenvalue weighted by molar-refractivity contribution is 4.98. The molecule has 0 rings (SSSR count). The maximum atomic E-state index is 2.44. The van der Waals surface area contributed by atoms with Crippen molar-refractivity contribution in [1.82, 2.24) is 0 Å². The molecule has 0 saturated heterocycles. The molecule has 15 heavy (non-hydrogen) atoms. The first kappa shape index (κ1) is 15.0. The Morgan fingerprint density at radius 1 is 0.533 bits per heavy atom. The van der Waals surface area contributed by atoms with Crippen LogP contribution < -0.4 is 0 Å². The molecule has 0 aromatic heterocycles. The normalized spacial score (nSPS) is 15.2. The van der Waals surface area contributed by atoms with E-state index in [0.29, 0.717) is 28.1 Å². The van der Waals surface area contributed by atoms with E-state index < -0.39 is 0 Å². The van der Waals surface area contributed by atoms with Crippen LogP contribution in [-0.4, -0.2) is 0 Å². The summed E-state index contributed by atoms with van der Waals surface area (Å²) in [6, 6.07) is 0. The summed E-state index contributed by atoms with van der Waals surface area (Å²) in [6.45, 7) is 23.9. The van der Waals surface area contributed by atoms with Crippen molar-refractivity contribution in [3.63, 3.8) is 0 Å². The largest absolute Gasteiger partial charge is 0.0622 e. The molecule has 0 aliphatic rings. The minimum atomic E-state index is 0.336. The van der Waals surface area contributed by atoms with Gasteiger partial charge in [-0.25, -0.2) is 0 Å². The summed E-state index contributed by atoms with van der Waals surface area (Å²) in [5, 5.41) is 0. The van der Waals surface area contributed by atoms with Crippen molar-refractivity contribution in [3.8, 4) is 0 Å². The molecular formula is C15H32. The van der Waals surface area contributed by atoms with E-state index in [1.165, 1.54) is 0 Å². The van der Waals surface area contributed by atoms with Gasteiger partial charge in [0, 0.05) is 0 Å². The highest BCUT2D eigenvalue weighted by Crippen LogP contribution is 2.57. The zero-order chi connectivity index (χ0) is 12.7. The topological polar surface area (TPSA) is 0 Å². The third-order valence-electron chi connectivity index (χ3n) is 6.11. The van der Waals surface area contributed by atoms with Gasteiger partial charge in [0.25, 0.3) is 0 Å². The van der Waals surface area contributed by atoms with Gasteiger partial charge in [-0.1, -0.05) is 69.2 Å². The van der Waals surface area contributed by atoms with Crippen LogP contribution in [0.1, 0.15) is 69.2 Å². The summed E-state index contributed by atoms with van der Waals surface area (Å²) in [6.07, 6.45) is 0. The van der Waals surface area contributed by atoms with E-state index in [0.717, 1.165) is 0 Å². The van der Waals surface area contributed by atoms with Crippen molar-refractivity contribution in [2.45, 2.75) is 69.2 Å². The van der Waals surface area contributed by atoms with Crippen LogP contribution in [-0.2, 0) is 0 Å². The molecule has 0 aromatic carbocycles. The fourth-order valence-electron chi connectivity index (χ4n) is 2.27. The molecule has 0 N–H and O–H groups in total. The smallest absolute Gasteiger partial charge is 0.0247 e. The molecule has 92 valence electrons. The third kappa shape index (κ3) is 2.24. The van der Waals surface area contributed by atoms with Crippen LogP contribution in [0.15, 0.2) is 0 Å². The van der Waals surface area contributed by atoms with Crippen molar-refractivity contribution in [1.29, 1.82) is 0 Å². The zero-order valence-electron chi connectivity index (χ0n) is 12.7. The van der Waals surface area contributed by atoms with Gasteiger partial charge in [0.1, 0.15) is 0 Å². The lowest BCUT2D eigenvalue weighted by Crippen LogP contribution is -2.49. The van der Waals surface area contributed by atoms with Gasteiger partial charge in [-0.3, -0.25) is 0 Å². The van der Waals surface area contributed by atoms with E-state index in [-0.39, 0.29) is 0 Å². The quantitative estimate of drug-likeness (QED) is 0.587. The zero-order valence-corrected chi connectivity index (χ0v) is 12.7. The summed E-state index contributed by atoms with van der Waals surface area (Å²) in [4.78, 5) is 0. The Bertz CT molecular complexity index is 182. The summed E-state index contributed by atoms with van der Waals surface area (Å²) in [7, 11) is 0. The summed E-state index contributed by atoms with van der Waals surface area (Å²) in [5.41, 5.74) is 1.06. The Morgan fingerprint density at radius 2 is 0.733 bits per heavy atom. The molecule has 0 radical (unpaired) electrons. The van der Waals surface area contributed by atoms with Gasteiger partial charge >= 0.3 is 0 Å². The molecule has 0 heterocycles. The van der Waals surface area contributed by atoms with E-state index in [1.54, 1.807) is 0 Å². The van der Waals surface area contributed by atoms with E-state index >= 15 is 0 Å². The average molecular weight is 212 g/mol. The summed E-state index contributed by atoms with van der Waals surface area (Å²) in [5.74, 6) is 1.43. The van der Waals surface area contributed by atoms with Crippen LogP contribution in [0.5, 0.6) is 0 Å². The van der Waals surface area contributed by atoms with E-state index in [9.17, 15) is 0 Å². The van der Waals surface area contributed by atoms with Gasteiger partial charge < -0.3 is 0 Å². The lowest BCUT2D eigenvalue weighted by Gasteiger charge is -2.56. The van der Waals surface area contributed by atoms with Crippen LogP contribution in [0.25, 0.3) is 0 Å². The Hall–Kier alpha value is 0. The molecule has 0 heteroatoms. The molecule has 0 atom stereocenters. The van der Waals surface area contributed by atoms with Crippen molar-refractivity contribution in [2.24, 2.45) is 28.1 Å². The molecule has 0 spiro atoms. The minimum absolute atomic E-state index is 0.336. The van der Waals surface area contributed by atoms with E-state index in [1.807, 2.05) is 0 Å². The van der Waals surface area contributed by atoms with Crippen molar-refractivity contribution >= 4 is 0 Å². The number of hydrogen-bond acceptors (Lipinski definition) is 0. The van der Waals surface area contributed by atoms with Gasteiger partial charge in [0.05, 0.1) is 0 Å². The Balaban J connectivity index is 5.30. The first-order valence-corrected chi connectivity index (χ1v) is 6.39. The third-order valence-corrected chi connectivity index (χ3v) is 6.11. The molecule has 0 saturated carbocycles. The molecule has 0 unspecified atom stereocenters. The van der Waals surface area contributed by atoms with Gasteiger partial charge in [0.15, 0.2) is 0 Å². The monoisotopic (exact) mass is 212 g/mol. The lowest BCUT2D eigenvalue weighted by atomic mass is 9.49. The first-order valence-electron chi connectivity index (χ1n) is 6.39. The predicted octanol–water partition coefficient (Wildman–Crippen LogP) is 5.38. The van der Waals surface area contributed by atoms with Crippen molar-refractivity contribution < 1.29 is 0 Å². The lowest BCUT2D eigenvalue weighted by molar-refractivity contribution is -0.0734. The first-order chi connectivity index (χ1) is 6.39. The molecule has 0 amide bonds. The van der Waals surface area contributed by atoms with E-state index in [4.69, 9.17) is 0 Å². The summed E-state index contributed by atoms with van der Waals surface area (Å²) < 4.78 is 0. The highest BCUT2D eigenvalue weighted by Gasteiger charge is 2.50.